The van der Waals surface area contributed by atoms with Gasteiger partial charge in [-0.2, -0.15) is 0 Å². The number of hydrogen-bond acceptors (Lipinski definition) is 3. The van der Waals surface area contributed by atoms with Crippen molar-refractivity contribution in [1.29, 1.82) is 0 Å². The summed E-state index contributed by atoms with van der Waals surface area (Å²) in [4.78, 5) is 29.5. The first-order valence-electron chi connectivity index (χ1n) is 33.7. The van der Waals surface area contributed by atoms with Gasteiger partial charge in [-0.25, -0.2) is 0 Å². The summed E-state index contributed by atoms with van der Waals surface area (Å²) in [6, 6.07) is 0. The number of amides is 1. The zero-order chi connectivity index (χ0) is 52.2. The van der Waals surface area contributed by atoms with E-state index in [1.54, 1.807) is 0 Å². The van der Waals surface area contributed by atoms with Gasteiger partial charge in [-0.3, -0.25) is 9.59 Å². The minimum Gasteiger partial charge on any atom is -0.465 e. The third kappa shape index (κ3) is 54.9. The summed E-state index contributed by atoms with van der Waals surface area (Å²) in [7, 11) is 0. The number of hydrogen-bond donors (Lipinski definition) is 0. The Morgan fingerprint density at radius 2 is 0.597 bits per heavy atom. The molecule has 4 heteroatoms. The predicted molar refractivity (Wildman–Crippen MR) is 321 cm³/mol. The number of ether oxygens (including phenoxy) is 1. The quantitative estimate of drug-likeness (QED) is 0.0346. The highest BCUT2D eigenvalue weighted by atomic mass is 16.5. The Balaban J connectivity index is 3.98. The standard InChI is InChI=1S/C68H133NO3/c1-5-9-13-17-21-22-23-24-25-26-27-28-29-30-31-32-33-34-35-36-37-38-39-40-41-42-43-44-45-46-47-48-49-50-51-52-53-57-61-66(68(71)72-64-60-56-20-16-12-8-4)65-67(70)69(62-58-54-18-14-10-6-2)63-59-55-19-15-11-7-3/h5,66H,1,6-65H2,2-4H3. The molecule has 0 radical (unpaired) electrons. The van der Waals surface area contributed by atoms with Crippen LogP contribution in [0.4, 0.5) is 0 Å². The van der Waals surface area contributed by atoms with Crippen LogP contribution in [0.5, 0.6) is 0 Å². The average molecular weight is 1010 g/mol. The summed E-state index contributed by atoms with van der Waals surface area (Å²) >= 11 is 0. The zero-order valence-electron chi connectivity index (χ0n) is 50.0. The summed E-state index contributed by atoms with van der Waals surface area (Å²) in [5, 5.41) is 0. The van der Waals surface area contributed by atoms with Crippen molar-refractivity contribution in [1.82, 2.24) is 4.90 Å². The van der Waals surface area contributed by atoms with Gasteiger partial charge in [-0.1, -0.05) is 348 Å². The van der Waals surface area contributed by atoms with Crippen LogP contribution < -0.4 is 0 Å². The first kappa shape index (κ1) is 70.7. The molecule has 0 N–H and O–H groups in total. The highest BCUT2D eigenvalue weighted by Gasteiger charge is 2.26. The van der Waals surface area contributed by atoms with Gasteiger partial charge in [0.15, 0.2) is 0 Å². The molecule has 1 atom stereocenters. The fourth-order valence-electron chi connectivity index (χ4n) is 11.0. The molecule has 72 heavy (non-hydrogen) atoms. The van der Waals surface area contributed by atoms with Crippen LogP contribution in [0.3, 0.4) is 0 Å². The summed E-state index contributed by atoms with van der Waals surface area (Å²) in [6.45, 7) is 12.8. The van der Waals surface area contributed by atoms with Crippen LogP contribution in [-0.2, 0) is 14.3 Å². The molecule has 0 heterocycles. The first-order valence-corrected chi connectivity index (χ1v) is 33.7. The van der Waals surface area contributed by atoms with Crippen molar-refractivity contribution in [2.75, 3.05) is 19.7 Å². The Kier molecular flexibility index (Phi) is 61.1. The highest BCUT2D eigenvalue weighted by molar-refractivity contribution is 5.83. The second-order valence-corrected chi connectivity index (χ2v) is 23.3. The first-order chi connectivity index (χ1) is 35.6. The van der Waals surface area contributed by atoms with Gasteiger partial charge < -0.3 is 9.64 Å². The highest BCUT2D eigenvalue weighted by Crippen LogP contribution is 2.22. The Morgan fingerprint density at radius 1 is 0.347 bits per heavy atom. The number of carbonyl (C=O) groups excluding carboxylic acids is 2. The number of rotatable bonds is 63. The second kappa shape index (κ2) is 62.2. The van der Waals surface area contributed by atoms with E-state index >= 15 is 0 Å². The summed E-state index contributed by atoms with van der Waals surface area (Å²) in [5.74, 6) is -0.216. The molecule has 0 saturated carbocycles. The van der Waals surface area contributed by atoms with Crippen molar-refractivity contribution in [3.8, 4) is 0 Å². The maximum Gasteiger partial charge on any atom is 0.309 e. The average Bonchev–Trinajstić information content (AvgIpc) is 3.38. The number of nitrogens with zero attached hydrogens (tertiary/aromatic N) is 1. The van der Waals surface area contributed by atoms with Gasteiger partial charge in [0, 0.05) is 19.5 Å². The lowest BCUT2D eigenvalue weighted by molar-refractivity contribution is -0.152. The fourth-order valence-corrected chi connectivity index (χ4v) is 11.0. The van der Waals surface area contributed by atoms with Gasteiger partial charge in [0.05, 0.1) is 12.5 Å². The molecular weight excluding hydrogens is 879 g/mol. The largest absolute Gasteiger partial charge is 0.465 e. The number of unbranched alkanes of at least 4 members (excludes halogenated alkanes) is 51. The minimum atomic E-state index is -0.291. The van der Waals surface area contributed by atoms with Gasteiger partial charge in [0.1, 0.15) is 0 Å². The molecule has 0 aromatic carbocycles. The molecule has 0 saturated heterocycles. The summed E-state index contributed by atoms with van der Waals surface area (Å²) < 4.78 is 5.88. The molecule has 0 fully saturated rings. The van der Waals surface area contributed by atoms with Gasteiger partial charge in [0.25, 0.3) is 0 Å². The molecular formula is C68H133NO3. The van der Waals surface area contributed by atoms with Crippen LogP contribution in [0, 0.1) is 5.92 Å². The summed E-state index contributed by atoms with van der Waals surface area (Å²) in [6.07, 6.45) is 77.2. The van der Waals surface area contributed by atoms with Crippen LogP contribution >= 0.6 is 0 Å². The molecule has 0 aliphatic carbocycles. The lowest BCUT2D eigenvalue weighted by Gasteiger charge is -2.25. The van der Waals surface area contributed by atoms with Crippen LogP contribution in [-0.4, -0.2) is 36.5 Å². The third-order valence-corrected chi connectivity index (χ3v) is 16.1. The Labute approximate surface area is 454 Å². The van der Waals surface area contributed by atoms with E-state index in [4.69, 9.17) is 4.74 Å². The normalized spacial score (nSPS) is 11.9. The predicted octanol–water partition coefficient (Wildman–Crippen LogP) is 23.5. The lowest BCUT2D eigenvalue weighted by atomic mass is 9.96. The minimum absolute atomic E-state index is 0.114. The van der Waals surface area contributed by atoms with Crippen LogP contribution in [0.1, 0.15) is 387 Å². The number of allylic oxidation sites excluding steroid dienone is 1. The molecule has 4 nitrogen and oxygen atoms in total. The zero-order valence-corrected chi connectivity index (χ0v) is 50.0. The van der Waals surface area contributed by atoms with E-state index < -0.39 is 0 Å². The second-order valence-electron chi connectivity index (χ2n) is 23.3. The molecule has 0 aromatic rings. The molecule has 428 valence electrons. The molecule has 1 amide bonds. The van der Waals surface area contributed by atoms with Crippen molar-refractivity contribution < 1.29 is 14.3 Å². The van der Waals surface area contributed by atoms with Crippen LogP contribution in [0.25, 0.3) is 0 Å². The molecule has 0 aromatic heterocycles. The van der Waals surface area contributed by atoms with E-state index in [9.17, 15) is 9.59 Å². The summed E-state index contributed by atoms with van der Waals surface area (Å²) in [5.41, 5.74) is 0. The molecule has 0 bridgehead atoms. The Morgan fingerprint density at radius 3 is 0.889 bits per heavy atom. The van der Waals surface area contributed by atoms with E-state index in [1.165, 1.54) is 315 Å². The monoisotopic (exact) mass is 1010 g/mol. The number of carbonyl (C=O) groups is 2. The maximum atomic E-state index is 13.9. The SMILES string of the molecule is C=CCCCCCCCCCCCCCCCCCCCCCCCCCCCCCCCCCCCCCCC(CC(=O)N(CCCCCCCC)CCCCCCCC)C(=O)OCCCCCCCC. The van der Waals surface area contributed by atoms with Crippen molar-refractivity contribution >= 4 is 11.9 Å². The smallest absolute Gasteiger partial charge is 0.309 e. The topological polar surface area (TPSA) is 46.6 Å². The molecule has 0 aliphatic rings. The Bertz CT molecular complexity index is 1040. The van der Waals surface area contributed by atoms with Gasteiger partial charge in [0.2, 0.25) is 5.91 Å². The van der Waals surface area contributed by atoms with Crippen LogP contribution in [0.15, 0.2) is 12.7 Å². The third-order valence-electron chi connectivity index (χ3n) is 16.1. The van der Waals surface area contributed by atoms with E-state index in [2.05, 4.69) is 38.3 Å². The van der Waals surface area contributed by atoms with E-state index in [0.717, 1.165) is 58.0 Å². The van der Waals surface area contributed by atoms with Crippen molar-refractivity contribution in [3.63, 3.8) is 0 Å². The molecule has 1 unspecified atom stereocenters. The van der Waals surface area contributed by atoms with Crippen LogP contribution in [0.2, 0.25) is 0 Å². The van der Waals surface area contributed by atoms with E-state index in [1.807, 2.05) is 0 Å². The maximum absolute atomic E-state index is 13.9. The molecule has 0 aliphatic heterocycles. The van der Waals surface area contributed by atoms with Crippen molar-refractivity contribution in [2.45, 2.75) is 387 Å². The lowest BCUT2D eigenvalue weighted by Crippen LogP contribution is -2.35. The fraction of sp³-hybridized carbons (Fsp3) is 0.941. The van der Waals surface area contributed by atoms with Gasteiger partial charge in [-0.05, 0) is 38.5 Å². The molecule has 0 spiro atoms. The van der Waals surface area contributed by atoms with E-state index in [0.29, 0.717) is 13.0 Å². The molecule has 0 rings (SSSR count). The number of esters is 1. The Hall–Kier alpha value is -1.32. The van der Waals surface area contributed by atoms with Crippen molar-refractivity contribution in [2.24, 2.45) is 5.92 Å². The van der Waals surface area contributed by atoms with Crippen molar-refractivity contribution in [3.05, 3.63) is 12.7 Å². The van der Waals surface area contributed by atoms with E-state index in [-0.39, 0.29) is 17.8 Å². The van der Waals surface area contributed by atoms with Gasteiger partial charge >= 0.3 is 5.97 Å². The van der Waals surface area contributed by atoms with Gasteiger partial charge in [-0.15, -0.1) is 6.58 Å².